The van der Waals surface area contributed by atoms with E-state index in [0.29, 0.717) is 11.6 Å². The highest BCUT2D eigenvalue weighted by molar-refractivity contribution is 7.22. The van der Waals surface area contributed by atoms with Crippen LogP contribution in [0.15, 0.2) is 18.2 Å². The van der Waals surface area contributed by atoms with Gasteiger partial charge in [-0.3, -0.25) is 14.5 Å². The molecular weight excluding hydrogens is 352 g/mol. The summed E-state index contributed by atoms with van der Waals surface area (Å²) >= 11 is 1.44. The molecule has 1 fully saturated rings. The number of aromatic nitrogens is 1. The van der Waals surface area contributed by atoms with E-state index in [0.717, 1.165) is 21.5 Å². The zero-order chi connectivity index (χ0) is 18.9. The van der Waals surface area contributed by atoms with Crippen LogP contribution in [-0.2, 0) is 16.0 Å². The van der Waals surface area contributed by atoms with Gasteiger partial charge in [0, 0.05) is 13.0 Å². The van der Waals surface area contributed by atoms with Gasteiger partial charge < -0.3 is 10.6 Å². The molecule has 2 heterocycles. The molecule has 0 atom stereocenters. The normalized spacial score (nSPS) is 16.2. The van der Waals surface area contributed by atoms with Crippen molar-refractivity contribution < 1.29 is 14.4 Å². The van der Waals surface area contributed by atoms with E-state index in [1.165, 1.54) is 16.9 Å². The van der Waals surface area contributed by atoms with E-state index >= 15 is 0 Å². The summed E-state index contributed by atoms with van der Waals surface area (Å²) in [5.74, 6) is -0.438. The molecule has 2 aromatic rings. The van der Waals surface area contributed by atoms with Crippen LogP contribution >= 0.6 is 11.3 Å². The van der Waals surface area contributed by atoms with Crippen LogP contribution in [-0.4, -0.2) is 39.8 Å². The van der Waals surface area contributed by atoms with E-state index in [9.17, 15) is 14.4 Å². The molecule has 0 saturated carbocycles. The lowest BCUT2D eigenvalue weighted by Gasteiger charge is -2.15. The lowest BCUT2D eigenvalue weighted by molar-refractivity contribution is -0.130. The number of carbonyl (C=O) groups is 3. The molecule has 0 radical (unpaired) electrons. The Morgan fingerprint density at radius 3 is 2.77 bits per heavy atom. The van der Waals surface area contributed by atoms with E-state index in [1.54, 1.807) is 13.8 Å². The van der Waals surface area contributed by atoms with Gasteiger partial charge >= 0.3 is 6.03 Å². The molecule has 3 rings (SSSR count). The maximum atomic E-state index is 12.1. The minimum Gasteiger partial charge on any atom is -0.324 e. The van der Waals surface area contributed by atoms with Crippen LogP contribution in [0.25, 0.3) is 10.2 Å². The summed E-state index contributed by atoms with van der Waals surface area (Å²) in [4.78, 5) is 41.6. The van der Waals surface area contributed by atoms with Crippen LogP contribution in [0.2, 0.25) is 0 Å². The Bertz CT molecular complexity index is 874. The maximum absolute atomic E-state index is 12.1. The van der Waals surface area contributed by atoms with E-state index < -0.39 is 11.6 Å². The van der Waals surface area contributed by atoms with Crippen molar-refractivity contribution in [3.8, 4) is 0 Å². The largest absolute Gasteiger partial charge is 0.325 e. The molecule has 8 heteroatoms. The first-order valence-electron chi connectivity index (χ1n) is 8.63. The van der Waals surface area contributed by atoms with Crippen molar-refractivity contribution in [1.82, 2.24) is 15.2 Å². The van der Waals surface area contributed by atoms with Crippen molar-refractivity contribution in [2.75, 3.05) is 11.9 Å². The Kier molecular flexibility index (Phi) is 4.95. The van der Waals surface area contributed by atoms with Gasteiger partial charge in [-0.15, -0.1) is 0 Å². The highest BCUT2D eigenvalue weighted by atomic mass is 32.1. The van der Waals surface area contributed by atoms with Crippen molar-refractivity contribution in [2.45, 2.75) is 45.6 Å². The monoisotopic (exact) mass is 374 g/mol. The molecule has 0 aliphatic carbocycles. The van der Waals surface area contributed by atoms with Gasteiger partial charge in [-0.05, 0) is 44.4 Å². The molecule has 2 N–H and O–H groups in total. The lowest BCUT2D eigenvalue weighted by atomic mass is 10.1. The number of urea groups is 1. The second-order valence-corrected chi connectivity index (χ2v) is 7.87. The van der Waals surface area contributed by atoms with Gasteiger partial charge in [-0.2, -0.15) is 0 Å². The first kappa shape index (κ1) is 18.3. The minimum atomic E-state index is -0.877. The second-order valence-electron chi connectivity index (χ2n) is 6.84. The molecule has 7 nitrogen and oxygen atoms in total. The summed E-state index contributed by atoms with van der Waals surface area (Å²) in [6.45, 7) is 5.65. The summed E-state index contributed by atoms with van der Waals surface area (Å²) in [5, 5.41) is 5.99. The van der Waals surface area contributed by atoms with Gasteiger partial charge in [-0.25, -0.2) is 9.78 Å². The van der Waals surface area contributed by atoms with Gasteiger partial charge in [0.2, 0.25) is 5.91 Å². The molecule has 1 aliphatic heterocycles. The van der Waals surface area contributed by atoms with Crippen molar-refractivity contribution in [3.05, 3.63) is 23.8 Å². The third kappa shape index (κ3) is 3.70. The molecule has 0 bridgehead atoms. The Balaban J connectivity index is 1.53. The summed E-state index contributed by atoms with van der Waals surface area (Å²) in [5.41, 5.74) is 1.22. The third-order valence-corrected chi connectivity index (χ3v) is 5.27. The number of aryl methyl sites for hydroxylation is 1. The number of fused-ring (bicyclic) bond motifs is 1. The molecule has 1 aromatic heterocycles. The van der Waals surface area contributed by atoms with Crippen LogP contribution in [0.1, 0.15) is 39.2 Å². The second kappa shape index (κ2) is 7.03. The van der Waals surface area contributed by atoms with E-state index in [2.05, 4.69) is 28.6 Å². The number of imide groups is 1. The number of hydrogen-bond donors (Lipinski definition) is 2. The van der Waals surface area contributed by atoms with Crippen LogP contribution in [0.5, 0.6) is 0 Å². The summed E-state index contributed by atoms with van der Waals surface area (Å²) in [6.07, 6.45) is 1.58. The average molecular weight is 374 g/mol. The number of hydrogen-bond acceptors (Lipinski definition) is 5. The standard InChI is InChI=1S/C18H22N4O3S/c1-4-11-7-8-12-13(10-11)26-16(19-12)20-14(23)6-5-9-22-15(24)18(2,3)21-17(22)25/h7-8,10H,4-6,9H2,1-3H3,(H,21,25)(H,19,20,23). The molecule has 138 valence electrons. The number of thiazole rings is 1. The summed E-state index contributed by atoms with van der Waals surface area (Å²) in [7, 11) is 0. The number of anilines is 1. The zero-order valence-corrected chi connectivity index (χ0v) is 15.9. The number of carbonyl (C=O) groups excluding carboxylic acids is 3. The van der Waals surface area contributed by atoms with Gasteiger partial charge in [0.1, 0.15) is 5.54 Å². The van der Waals surface area contributed by atoms with Gasteiger partial charge in [0.05, 0.1) is 10.2 Å². The Hall–Kier alpha value is -2.48. The van der Waals surface area contributed by atoms with Crippen LogP contribution in [0, 0.1) is 0 Å². The Morgan fingerprint density at radius 1 is 1.35 bits per heavy atom. The quantitative estimate of drug-likeness (QED) is 0.761. The number of nitrogens with one attached hydrogen (secondary N) is 2. The van der Waals surface area contributed by atoms with Crippen molar-refractivity contribution in [3.63, 3.8) is 0 Å². The van der Waals surface area contributed by atoms with E-state index in [-0.39, 0.29) is 24.8 Å². The fourth-order valence-corrected chi connectivity index (χ4v) is 3.79. The summed E-state index contributed by atoms with van der Waals surface area (Å²) < 4.78 is 1.04. The summed E-state index contributed by atoms with van der Waals surface area (Å²) in [6, 6.07) is 5.67. The average Bonchev–Trinajstić information content (AvgIpc) is 3.06. The van der Waals surface area contributed by atoms with Crippen LogP contribution in [0.4, 0.5) is 9.93 Å². The fraction of sp³-hybridized carbons (Fsp3) is 0.444. The Morgan fingerprint density at radius 2 is 2.12 bits per heavy atom. The SMILES string of the molecule is CCc1ccc2nc(NC(=O)CCCN3C(=O)NC(C)(C)C3=O)sc2c1. The zero-order valence-electron chi connectivity index (χ0n) is 15.1. The maximum Gasteiger partial charge on any atom is 0.325 e. The van der Waals surface area contributed by atoms with Crippen molar-refractivity contribution >= 4 is 44.5 Å². The molecule has 1 saturated heterocycles. The smallest absolute Gasteiger partial charge is 0.324 e. The van der Waals surface area contributed by atoms with E-state index in [1.807, 2.05) is 12.1 Å². The topological polar surface area (TPSA) is 91.4 Å². The number of benzene rings is 1. The number of amides is 4. The first-order chi connectivity index (χ1) is 12.3. The van der Waals surface area contributed by atoms with Crippen molar-refractivity contribution in [1.29, 1.82) is 0 Å². The van der Waals surface area contributed by atoms with Gasteiger partial charge in [0.15, 0.2) is 5.13 Å². The molecular formula is C18H22N4O3S. The number of nitrogens with zero attached hydrogens (tertiary/aromatic N) is 2. The molecule has 0 unspecified atom stereocenters. The molecule has 1 aromatic carbocycles. The van der Waals surface area contributed by atoms with Crippen LogP contribution < -0.4 is 10.6 Å². The third-order valence-electron chi connectivity index (χ3n) is 4.34. The predicted octanol–water partition coefficient (Wildman–Crippen LogP) is 2.91. The van der Waals surface area contributed by atoms with Gasteiger partial charge in [0.25, 0.3) is 5.91 Å². The predicted molar refractivity (Wildman–Crippen MR) is 101 cm³/mol. The highest BCUT2D eigenvalue weighted by Crippen LogP contribution is 2.27. The lowest BCUT2D eigenvalue weighted by Crippen LogP contribution is -2.40. The molecule has 1 aliphatic rings. The Labute approximate surface area is 155 Å². The minimum absolute atomic E-state index is 0.175. The molecule has 4 amide bonds. The van der Waals surface area contributed by atoms with E-state index in [4.69, 9.17) is 0 Å². The molecule has 0 spiro atoms. The van der Waals surface area contributed by atoms with Crippen LogP contribution in [0.3, 0.4) is 0 Å². The van der Waals surface area contributed by atoms with Crippen molar-refractivity contribution in [2.24, 2.45) is 0 Å². The molecule has 26 heavy (non-hydrogen) atoms. The highest BCUT2D eigenvalue weighted by Gasteiger charge is 2.43. The van der Waals surface area contributed by atoms with Gasteiger partial charge in [-0.1, -0.05) is 24.3 Å². The fourth-order valence-electron chi connectivity index (χ4n) is 2.84. The number of rotatable bonds is 6. The first-order valence-corrected chi connectivity index (χ1v) is 9.45.